The van der Waals surface area contributed by atoms with Crippen molar-refractivity contribution in [1.29, 1.82) is 0 Å². The van der Waals surface area contributed by atoms with Gasteiger partial charge in [-0.3, -0.25) is 14.9 Å². The summed E-state index contributed by atoms with van der Waals surface area (Å²) in [5.74, 6) is 0.0144. The van der Waals surface area contributed by atoms with E-state index in [1.54, 1.807) is 4.90 Å². The minimum absolute atomic E-state index is 0.0393. The summed E-state index contributed by atoms with van der Waals surface area (Å²) in [6.45, 7) is 4.31. The van der Waals surface area contributed by atoms with E-state index >= 15 is 0 Å². The molecule has 0 aliphatic carbocycles. The Hall–Kier alpha value is -3.09. The van der Waals surface area contributed by atoms with Gasteiger partial charge in [-0.2, -0.15) is 0 Å². The first-order valence-corrected chi connectivity index (χ1v) is 8.21. The van der Waals surface area contributed by atoms with E-state index in [0.717, 1.165) is 5.56 Å². The minimum Gasteiger partial charge on any atom is -0.493 e. The number of aryl methyl sites for hydroxylation is 1. The molecule has 7 heteroatoms. The molecule has 0 saturated heterocycles. The molecular weight excluding hydrogens is 336 g/mol. The van der Waals surface area contributed by atoms with E-state index in [2.05, 4.69) is 0 Å². The van der Waals surface area contributed by atoms with Crippen molar-refractivity contribution < 1.29 is 19.2 Å². The standard InChI is InChI=1S/C19H22N2O5/c1-5-9-20(14-8-6-7-13(2)10-14)19(22)15-11-17(25-3)18(26-4)12-16(15)21(23)24/h6-8,10-12H,5,9H2,1-4H3. The molecule has 0 radical (unpaired) electrons. The van der Waals surface area contributed by atoms with Crippen LogP contribution in [0, 0.1) is 17.0 Å². The molecule has 1 amide bonds. The van der Waals surface area contributed by atoms with Gasteiger partial charge < -0.3 is 14.4 Å². The van der Waals surface area contributed by atoms with Crippen LogP contribution in [-0.2, 0) is 0 Å². The Labute approximate surface area is 152 Å². The first-order valence-electron chi connectivity index (χ1n) is 8.21. The summed E-state index contributed by atoms with van der Waals surface area (Å²) in [5, 5.41) is 11.5. The molecule has 0 aliphatic rings. The van der Waals surface area contributed by atoms with Crippen molar-refractivity contribution in [3.8, 4) is 11.5 Å². The highest BCUT2D eigenvalue weighted by Crippen LogP contribution is 2.35. The van der Waals surface area contributed by atoms with Crippen LogP contribution in [-0.4, -0.2) is 31.6 Å². The van der Waals surface area contributed by atoms with E-state index in [1.807, 2.05) is 38.1 Å². The zero-order valence-corrected chi connectivity index (χ0v) is 15.3. The van der Waals surface area contributed by atoms with Crippen LogP contribution < -0.4 is 14.4 Å². The lowest BCUT2D eigenvalue weighted by molar-refractivity contribution is -0.385. The lowest BCUT2D eigenvalue weighted by Gasteiger charge is -2.23. The van der Waals surface area contributed by atoms with Gasteiger partial charge in [0, 0.05) is 18.3 Å². The van der Waals surface area contributed by atoms with Crippen LogP contribution in [0.2, 0.25) is 0 Å². The zero-order valence-electron chi connectivity index (χ0n) is 15.3. The summed E-state index contributed by atoms with van der Waals surface area (Å²) >= 11 is 0. The Bertz CT molecular complexity index is 820. The fourth-order valence-corrected chi connectivity index (χ4v) is 2.70. The van der Waals surface area contributed by atoms with E-state index in [4.69, 9.17) is 9.47 Å². The van der Waals surface area contributed by atoms with E-state index < -0.39 is 10.8 Å². The Morgan fingerprint density at radius 1 is 1.15 bits per heavy atom. The highest BCUT2D eigenvalue weighted by atomic mass is 16.6. The van der Waals surface area contributed by atoms with E-state index in [1.165, 1.54) is 26.4 Å². The molecule has 26 heavy (non-hydrogen) atoms. The van der Waals surface area contributed by atoms with Crippen LogP contribution in [0.4, 0.5) is 11.4 Å². The highest BCUT2D eigenvalue weighted by molar-refractivity contribution is 6.09. The summed E-state index contributed by atoms with van der Waals surface area (Å²) in [7, 11) is 2.81. The molecule has 0 N–H and O–H groups in total. The number of nitro benzene ring substituents is 1. The summed E-state index contributed by atoms with van der Waals surface area (Å²) < 4.78 is 10.3. The lowest BCUT2D eigenvalue weighted by atomic mass is 10.1. The molecule has 0 saturated carbocycles. The summed E-state index contributed by atoms with van der Waals surface area (Å²) in [6, 6.07) is 10.0. The number of benzene rings is 2. The van der Waals surface area contributed by atoms with Gasteiger partial charge in [0.1, 0.15) is 5.56 Å². The predicted octanol–water partition coefficient (Wildman–Crippen LogP) is 3.98. The Morgan fingerprint density at radius 3 is 2.35 bits per heavy atom. The zero-order chi connectivity index (χ0) is 19.3. The van der Waals surface area contributed by atoms with Gasteiger partial charge in [-0.05, 0) is 31.0 Å². The number of nitro groups is 1. The molecule has 2 rings (SSSR count). The van der Waals surface area contributed by atoms with Gasteiger partial charge in [0.15, 0.2) is 11.5 Å². The van der Waals surface area contributed by atoms with Gasteiger partial charge in [-0.25, -0.2) is 0 Å². The van der Waals surface area contributed by atoms with Crippen LogP contribution in [0.1, 0.15) is 29.3 Å². The average molecular weight is 358 g/mol. The van der Waals surface area contributed by atoms with Crippen molar-refractivity contribution in [2.24, 2.45) is 0 Å². The third-order valence-electron chi connectivity index (χ3n) is 3.93. The molecular formula is C19H22N2O5. The number of nitrogens with zero attached hydrogens (tertiary/aromatic N) is 2. The first-order chi connectivity index (χ1) is 12.4. The molecule has 0 bridgehead atoms. The lowest BCUT2D eigenvalue weighted by Crippen LogP contribution is -2.32. The molecule has 2 aromatic carbocycles. The second-order valence-corrected chi connectivity index (χ2v) is 5.78. The van der Waals surface area contributed by atoms with Crippen LogP contribution in [0.25, 0.3) is 0 Å². The molecule has 0 spiro atoms. The fourth-order valence-electron chi connectivity index (χ4n) is 2.70. The third kappa shape index (κ3) is 3.93. The molecule has 0 aromatic heterocycles. The quantitative estimate of drug-likeness (QED) is 0.552. The number of methoxy groups -OCH3 is 2. The number of amides is 1. The number of carbonyl (C=O) groups is 1. The molecule has 0 atom stereocenters. The van der Waals surface area contributed by atoms with Crippen LogP contribution in [0.3, 0.4) is 0 Å². The molecule has 0 fully saturated rings. The maximum Gasteiger partial charge on any atom is 0.286 e. The van der Waals surface area contributed by atoms with Gasteiger partial charge in [-0.15, -0.1) is 0 Å². The van der Waals surface area contributed by atoms with Crippen molar-refractivity contribution >= 4 is 17.3 Å². The van der Waals surface area contributed by atoms with Gasteiger partial charge in [0.2, 0.25) is 0 Å². The van der Waals surface area contributed by atoms with E-state index in [-0.39, 0.29) is 22.7 Å². The summed E-state index contributed by atoms with van der Waals surface area (Å²) in [5.41, 5.74) is 1.34. The Morgan fingerprint density at radius 2 is 1.81 bits per heavy atom. The second kappa shape index (κ2) is 8.33. The fraction of sp³-hybridized carbons (Fsp3) is 0.316. The molecule has 7 nitrogen and oxygen atoms in total. The van der Waals surface area contributed by atoms with Gasteiger partial charge in [0.25, 0.3) is 11.6 Å². The Kier molecular flexibility index (Phi) is 6.16. The van der Waals surface area contributed by atoms with Gasteiger partial charge in [0.05, 0.1) is 25.2 Å². The SMILES string of the molecule is CCCN(C(=O)c1cc(OC)c(OC)cc1[N+](=O)[O-])c1cccc(C)c1. The molecule has 0 unspecified atom stereocenters. The first kappa shape index (κ1) is 19.2. The average Bonchev–Trinajstić information content (AvgIpc) is 2.64. The number of rotatable bonds is 7. The van der Waals surface area contributed by atoms with Gasteiger partial charge >= 0.3 is 0 Å². The number of carbonyl (C=O) groups excluding carboxylic acids is 1. The molecule has 2 aromatic rings. The predicted molar refractivity (Wildman–Crippen MR) is 99.3 cm³/mol. The number of hydrogen-bond acceptors (Lipinski definition) is 5. The van der Waals surface area contributed by atoms with Crippen LogP contribution in [0.15, 0.2) is 36.4 Å². The maximum absolute atomic E-state index is 13.2. The minimum atomic E-state index is -0.588. The molecule has 0 aliphatic heterocycles. The number of hydrogen-bond donors (Lipinski definition) is 0. The van der Waals surface area contributed by atoms with Crippen molar-refractivity contribution in [2.75, 3.05) is 25.7 Å². The second-order valence-electron chi connectivity index (χ2n) is 5.78. The number of ether oxygens (including phenoxy) is 2. The van der Waals surface area contributed by atoms with Crippen molar-refractivity contribution in [3.05, 3.63) is 57.6 Å². The highest BCUT2D eigenvalue weighted by Gasteiger charge is 2.28. The summed E-state index contributed by atoms with van der Waals surface area (Å²) in [6.07, 6.45) is 0.709. The topological polar surface area (TPSA) is 81.9 Å². The van der Waals surface area contributed by atoms with Crippen LogP contribution >= 0.6 is 0 Å². The number of anilines is 1. The van der Waals surface area contributed by atoms with E-state index in [9.17, 15) is 14.9 Å². The summed E-state index contributed by atoms with van der Waals surface area (Å²) in [4.78, 5) is 25.6. The van der Waals surface area contributed by atoms with E-state index in [0.29, 0.717) is 18.7 Å². The molecule has 0 heterocycles. The van der Waals surface area contributed by atoms with Gasteiger partial charge in [-0.1, -0.05) is 19.1 Å². The van der Waals surface area contributed by atoms with Crippen molar-refractivity contribution in [1.82, 2.24) is 0 Å². The van der Waals surface area contributed by atoms with Crippen molar-refractivity contribution in [3.63, 3.8) is 0 Å². The third-order valence-corrected chi connectivity index (χ3v) is 3.93. The smallest absolute Gasteiger partial charge is 0.286 e. The normalized spacial score (nSPS) is 10.3. The van der Waals surface area contributed by atoms with Crippen LogP contribution in [0.5, 0.6) is 11.5 Å². The maximum atomic E-state index is 13.2. The largest absolute Gasteiger partial charge is 0.493 e. The monoisotopic (exact) mass is 358 g/mol. The van der Waals surface area contributed by atoms with Crippen molar-refractivity contribution in [2.45, 2.75) is 20.3 Å². The molecule has 138 valence electrons. The Balaban J connectivity index is 2.59.